The Hall–Kier alpha value is -1.07. The number of rotatable bonds is 4. The van der Waals surface area contributed by atoms with E-state index in [0.717, 1.165) is 50.3 Å². The van der Waals surface area contributed by atoms with E-state index in [-0.39, 0.29) is 23.0 Å². The van der Waals surface area contributed by atoms with Gasteiger partial charge in [0.1, 0.15) is 6.54 Å². The molecule has 2 amide bonds. The third-order valence-electron chi connectivity index (χ3n) is 4.53. The standard InChI is InChI=1S/C17H28N3O.BrH/c1-4-18(5-2)17(21)19-11-13-20(3,14-12-19)15-16-9-7-6-8-10-16;/h6-10H,4-5,11-15H2,1-3H3;1H/q+1;/p-1. The molecule has 0 radical (unpaired) electrons. The van der Waals surface area contributed by atoms with Crippen LogP contribution in [0.2, 0.25) is 0 Å². The molecular weight excluding hydrogens is 342 g/mol. The summed E-state index contributed by atoms with van der Waals surface area (Å²) >= 11 is 0. The molecule has 0 spiro atoms. The lowest BCUT2D eigenvalue weighted by Gasteiger charge is -2.43. The molecule has 1 aliphatic heterocycles. The van der Waals surface area contributed by atoms with Crippen molar-refractivity contribution in [2.24, 2.45) is 0 Å². The van der Waals surface area contributed by atoms with E-state index in [1.54, 1.807) is 0 Å². The molecule has 1 heterocycles. The van der Waals surface area contributed by atoms with Gasteiger partial charge < -0.3 is 31.3 Å². The first-order valence-electron chi connectivity index (χ1n) is 7.99. The van der Waals surface area contributed by atoms with Gasteiger partial charge in [-0.2, -0.15) is 0 Å². The van der Waals surface area contributed by atoms with E-state index in [1.807, 2.05) is 23.6 Å². The Bertz CT molecular complexity index is 454. The number of likely N-dealkylation sites (N-methyl/N-ethyl adjacent to an activating group) is 1. The Kier molecular flexibility index (Phi) is 7.36. The van der Waals surface area contributed by atoms with E-state index in [2.05, 4.69) is 37.4 Å². The van der Waals surface area contributed by atoms with Crippen LogP contribution in [-0.4, -0.2) is 66.6 Å². The van der Waals surface area contributed by atoms with Gasteiger partial charge in [-0.3, -0.25) is 0 Å². The third-order valence-corrected chi connectivity index (χ3v) is 4.53. The molecule has 1 aromatic rings. The number of amides is 2. The molecule has 4 nitrogen and oxygen atoms in total. The molecule has 124 valence electrons. The van der Waals surface area contributed by atoms with Gasteiger partial charge in [0.15, 0.2) is 0 Å². The number of nitrogens with zero attached hydrogens (tertiary/aromatic N) is 3. The van der Waals surface area contributed by atoms with Crippen LogP contribution in [0.25, 0.3) is 0 Å². The van der Waals surface area contributed by atoms with Crippen molar-refractivity contribution in [2.75, 3.05) is 46.3 Å². The first-order chi connectivity index (χ1) is 10.1. The Morgan fingerprint density at radius 1 is 1.14 bits per heavy atom. The van der Waals surface area contributed by atoms with Crippen LogP contribution in [0.3, 0.4) is 0 Å². The molecule has 0 saturated carbocycles. The van der Waals surface area contributed by atoms with Crippen LogP contribution in [0.4, 0.5) is 4.79 Å². The summed E-state index contributed by atoms with van der Waals surface area (Å²) in [6, 6.07) is 10.8. The van der Waals surface area contributed by atoms with Crippen LogP contribution in [0.15, 0.2) is 30.3 Å². The molecule has 0 N–H and O–H groups in total. The minimum atomic E-state index is 0. The number of urea groups is 1. The number of carbonyl (C=O) groups excluding carboxylic acids is 1. The van der Waals surface area contributed by atoms with Gasteiger partial charge >= 0.3 is 6.03 Å². The lowest BCUT2D eigenvalue weighted by atomic mass is 10.1. The first kappa shape index (κ1) is 19.0. The van der Waals surface area contributed by atoms with E-state index in [1.165, 1.54) is 5.56 Å². The van der Waals surface area contributed by atoms with Gasteiger partial charge in [-0.15, -0.1) is 0 Å². The van der Waals surface area contributed by atoms with Crippen molar-refractivity contribution in [1.82, 2.24) is 9.80 Å². The predicted molar refractivity (Wildman–Crippen MR) is 86.0 cm³/mol. The Morgan fingerprint density at radius 3 is 2.18 bits per heavy atom. The quantitative estimate of drug-likeness (QED) is 0.651. The van der Waals surface area contributed by atoms with Crippen LogP contribution in [0.1, 0.15) is 19.4 Å². The topological polar surface area (TPSA) is 23.6 Å². The Labute approximate surface area is 145 Å². The van der Waals surface area contributed by atoms with Gasteiger partial charge in [0.05, 0.1) is 33.2 Å². The lowest BCUT2D eigenvalue weighted by Crippen LogP contribution is -3.00. The maximum Gasteiger partial charge on any atom is 0.320 e. The maximum atomic E-state index is 12.4. The number of benzene rings is 1. The van der Waals surface area contributed by atoms with Crippen molar-refractivity contribution in [1.29, 1.82) is 0 Å². The molecule has 1 fully saturated rings. The number of hydrogen-bond donors (Lipinski definition) is 0. The summed E-state index contributed by atoms with van der Waals surface area (Å²) in [5, 5.41) is 0. The maximum absolute atomic E-state index is 12.4. The smallest absolute Gasteiger partial charge is 0.320 e. The minimum Gasteiger partial charge on any atom is -1.00 e. The lowest BCUT2D eigenvalue weighted by molar-refractivity contribution is -0.926. The Morgan fingerprint density at radius 2 is 1.68 bits per heavy atom. The van der Waals surface area contributed by atoms with Crippen LogP contribution in [0, 0.1) is 0 Å². The van der Waals surface area contributed by atoms with Crippen LogP contribution >= 0.6 is 0 Å². The summed E-state index contributed by atoms with van der Waals surface area (Å²) in [4.78, 5) is 16.3. The number of piperazine rings is 1. The fraction of sp³-hybridized carbons (Fsp3) is 0.588. The van der Waals surface area contributed by atoms with Gasteiger partial charge in [0, 0.05) is 18.7 Å². The second-order valence-electron chi connectivity index (χ2n) is 6.15. The van der Waals surface area contributed by atoms with Gasteiger partial charge in [-0.25, -0.2) is 4.79 Å². The molecule has 22 heavy (non-hydrogen) atoms. The number of halogens is 1. The highest BCUT2D eigenvalue weighted by Gasteiger charge is 2.32. The van der Waals surface area contributed by atoms with Crippen molar-refractivity contribution >= 4 is 6.03 Å². The summed E-state index contributed by atoms with van der Waals surface area (Å²) < 4.78 is 1.02. The monoisotopic (exact) mass is 369 g/mol. The van der Waals surface area contributed by atoms with Crippen molar-refractivity contribution in [3.05, 3.63) is 35.9 Å². The molecule has 1 saturated heterocycles. The van der Waals surface area contributed by atoms with Crippen LogP contribution in [-0.2, 0) is 6.54 Å². The molecule has 0 aromatic heterocycles. The normalized spacial score (nSPS) is 16.8. The average molecular weight is 370 g/mol. The molecule has 0 aliphatic carbocycles. The molecule has 5 heteroatoms. The van der Waals surface area contributed by atoms with Gasteiger partial charge in [-0.05, 0) is 13.8 Å². The van der Waals surface area contributed by atoms with E-state index in [4.69, 9.17) is 0 Å². The van der Waals surface area contributed by atoms with Gasteiger partial charge in [0.25, 0.3) is 0 Å². The fourth-order valence-electron chi connectivity index (χ4n) is 3.02. The predicted octanol–water partition coefficient (Wildman–Crippen LogP) is -0.585. The number of carbonyl (C=O) groups is 1. The Balaban J connectivity index is 0.00000242. The number of hydrogen-bond acceptors (Lipinski definition) is 1. The highest BCUT2D eigenvalue weighted by atomic mass is 79.9. The van der Waals surface area contributed by atoms with Crippen LogP contribution < -0.4 is 17.0 Å². The molecule has 1 aromatic carbocycles. The molecule has 2 rings (SSSR count). The SMILES string of the molecule is CCN(CC)C(=O)N1CC[N+](C)(Cc2ccccc2)CC1.[Br-]. The zero-order valence-electron chi connectivity index (χ0n) is 14.0. The summed E-state index contributed by atoms with van der Waals surface area (Å²) in [6.07, 6.45) is 0. The van der Waals surface area contributed by atoms with E-state index >= 15 is 0 Å². The number of quaternary nitrogens is 1. The minimum absolute atomic E-state index is 0. The summed E-state index contributed by atoms with van der Waals surface area (Å²) in [6.45, 7) is 10.5. The van der Waals surface area contributed by atoms with E-state index in [0.29, 0.717) is 0 Å². The fourth-order valence-corrected chi connectivity index (χ4v) is 3.02. The molecule has 1 aliphatic rings. The third kappa shape index (κ3) is 4.71. The van der Waals surface area contributed by atoms with Crippen molar-refractivity contribution < 1.29 is 26.3 Å². The second-order valence-corrected chi connectivity index (χ2v) is 6.15. The highest BCUT2D eigenvalue weighted by Crippen LogP contribution is 2.16. The summed E-state index contributed by atoms with van der Waals surface area (Å²) in [5.74, 6) is 0. The molecule has 0 atom stereocenters. The van der Waals surface area contributed by atoms with Crippen molar-refractivity contribution in [2.45, 2.75) is 20.4 Å². The summed E-state index contributed by atoms with van der Waals surface area (Å²) in [7, 11) is 2.30. The molecule has 0 bridgehead atoms. The van der Waals surface area contributed by atoms with Crippen molar-refractivity contribution in [3.8, 4) is 0 Å². The molecular formula is C17H28BrN3O. The zero-order valence-corrected chi connectivity index (χ0v) is 15.6. The first-order valence-corrected chi connectivity index (χ1v) is 7.99. The van der Waals surface area contributed by atoms with Crippen molar-refractivity contribution in [3.63, 3.8) is 0 Å². The second kappa shape index (κ2) is 8.53. The van der Waals surface area contributed by atoms with Gasteiger partial charge in [-0.1, -0.05) is 30.3 Å². The van der Waals surface area contributed by atoms with E-state index < -0.39 is 0 Å². The van der Waals surface area contributed by atoms with E-state index in [9.17, 15) is 4.79 Å². The van der Waals surface area contributed by atoms with Gasteiger partial charge in [0.2, 0.25) is 0 Å². The largest absolute Gasteiger partial charge is 1.00 e. The summed E-state index contributed by atoms with van der Waals surface area (Å²) in [5.41, 5.74) is 1.38. The molecule has 0 unspecified atom stereocenters. The highest BCUT2D eigenvalue weighted by molar-refractivity contribution is 5.74. The zero-order chi connectivity index (χ0) is 15.3. The van der Waals surface area contributed by atoms with Crippen LogP contribution in [0.5, 0.6) is 0 Å². The average Bonchev–Trinajstić information content (AvgIpc) is 2.50.